The van der Waals surface area contributed by atoms with Gasteiger partial charge >= 0.3 is 5.97 Å². The quantitative estimate of drug-likeness (QED) is 0.648. The fourth-order valence-corrected chi connectivity index (χ4v) is 1.69. The molecule has 0 fully saturated rings. The van der Waals surface area contributed by atoms with E-state index in [1.807, 2.05) is 13.8 Å². The summed E-state index contributed by atoms with van der Waals surface area (Å²) >= 11 is 0. The lowest BCUT2D eigenvalue weighted by Crippen LogP contribution is -2.42. The molecule has 19 heavy (non-hydrogen) atoms. The Morgan fingerprint density at radius 3 is 2.63 bits per heavy atom. The molecule has 0 aromatic carbocycles. The topological polar surface area (TPSA) is 104 Å². The number of aryl methyl sites for hydroxylation is 2. The van der Waals surface area contributed by atoms with Crippen LogP contribution in [0.3, 0.4) is 0 Å². The number of nitrogens with zero attached hydrogens (tertiary/aromatic N) is 2. The molecule has 106 valence electrons. The largest absolute Gasteiger partial charge is 0.480 e. The molecule has 0 spiro atoms. The molecule has 3 N–H and O–H groups in total. The van der Waals surface area contributed by atoms with E-state index in [1.165, 1.54) is 4.68 Å². The molecule has 0 bridgehead atoms. The van der Waals surface area contributed by atoms with E-state index in [-0.39, 0.29) is 13.0 Å². The predicted octanol–water partition coefficient (Wildman–Crippen LogP) is 0.0308. The Bertz CT molecular complexity index is 456. The van der Waals surface area contributed by atoms with Gasteiger partial charge in [0.1, 0.15) is 11.7 Å². The zero-order chi connectivity index (χ0) is 14.4. The summed E-state index contributed by atoms with van der Waals surface area (Å²) in [6, 6.07) is 0.555. The van der Waals surface area contributed by atoms with Crippen LogP contribution in [-0.4, -0.2) is 44.5 Å². The van der Waals surface area contributed by atoms with Crippen LogP contribution in [0.15, 0.2) is 6.07 Å². The minimum atomic E-state index is -1.17. The fourth-order valence-electron chi connectivity index (χ4n) is 1.69. The fraction of sp³-hybridized carbons (Fsp3) is 0.583. The maximum Gasteiger partial charge on any atom is 0.326 e. The van der Waals surface area contributed by atoms with Gasteiger partial charge in [-0.1, -0.05) is 6.92 Å². The summed E-state index contributed by atoms with van der Waals surface area (Å²) in [5, 5.41) is 24.3. The number of hydrogen-bond donors (Lipinski definition) is 3. The average molecular weight is 269 g/mol. The van der Waals surface area contributed by atoms with E-state index in [9.17, 15) is 9.59 Å². The van der Waals surface area contributed by atoms with Crippen molar-refractivity contribution in [1.29, 1.82) is 0 Å². The highest BCUT2D eigenvalue weighted by Crippen LogP contribution is 2.06. The van der Waals surface area contributed by atoms with Crippen LogP contribution in [0.1, 0.15) is 36.5 Å². The number of aromatic nitrogens is 2. The van der Waals surface area contributed by atoms with Crippen LogP contribution in [0.2, 0.25) is 0 Å². The van der Waals surface area contributed by atoms with E-state index in [1.54, 1.807) is 6.07 Å². The molecule has 1 aromatic rings. The Morgan fingerprint density at radius 2 is 2.16 bits per heavy atom. The Morgan fingerprint density at radius 1 is 1.47 bits per heavy atom. The summed E-state index contributed by atoms with van der Waals surface area (Å²) in [7, 11) is 0. The number of carboxylic acid groups (broad SMARTS) is 1. The molecule has 1 rings (SSSR count). The molecule has 1 amide bonds. The van der Waals surface area contributed by atoms with Crippen molar-refractivity contribution in [3.63, 3.8) is 0 Å². The molecule has 0 radical (unpaired) electrons. The number of hydrogen-bond acceptors (Lipinski definition) is 4. The smallest absolute Gasteiger partial charge is 0.326 e. The summed E-state index contributed by atoms with van der Waals surface area (Å²) < 4.78 is 1.53. The minimum absolute atomic E-state index is 0.0258. The molecule has 1 atom stereocenters. The van der Waals surface area contributed by atoms with Crippen LogP contribution in [0, 0.1) is 0 Å². The lowest BCUT2D eigenvalue weighted by atomic mass is 10.2. The number of amides is 1. The molecule has 7 nitrogen and oxygen atoms in total. The van der Waals surface area contributed by atoms with Crippen molar-refractivity contribution in [2.45, 2.75) is 39.3 Å². The van der Waals surface area contributed by atoms with E-state index < -0.39 is 17.9 Å². The SMILES string of the molecule is CCc1cc(C(=O)N[C@@H](CCO)C(=O)O)n(CC)n1. The van der Waals surface area contributed by atoms with E-state index >= 15 is 0 Å². The first-order chi connectivity index (χ1) is 9.03. The second-order valence-corrected chi connectivity index (χ2v) is 4.07. The molecule has 0 aliphatic rings. The molecule has 0 aliphatic carbocycles. The molecule has 0 unspecified atom stereocenters. The van der Waals surface area contributed by atoms with Crippen molar-refractivity contribution < 1.29 is 19.8 Å². The van der Waals surface area contributed by atoms with Gasteiger partial charge < -0.3 is 15.5 Å². The predicted molar refractivity (Wildman–Crippen MR) is 67.9 cm³/mol. The molecule has 0 saturated carbocycles. The Kier molecular flexibility index (Phi) is 5.50. The Labute approximate surface area is 111 Å². The highest BCUT2D eigenvalue weighted by Gasteiger charge is 2.22. The first-order valence-corrected chi connectivity index (χ1v) is 6.24. The molecule has 0 saturated heterocycles. The van der Waals surface area contributed by atoms with Crippen LogP contribution in [0.5, 0.6) is 0 Å². The van der Waals surface area contributed by atoms with Crippen LogP contribution >= 0.6 is 0 Å². The van der Waals surface area contributed by atoms with Crippen LogP contribution in [-0.2, 0) is 17.8 Å². The van der Waals surface area contributed by atoms with E-state index in [0.717, 1.165) is 5.69 Å². The molecular weight excluding hydrogens is 250 g/mol. The second kappa shape index (κ2) is 6.89. The van der Waals surface area contributed by atoms with Crippen molar-refractivity contribution in [2.75, 3.05) is 6.61 Å². The van der Waals surface area contributed by atoms with Crippen molar-refractivity contribution in [2.24, 2.45) is 0 Å². The molecular formula is C12H19N3O4. The number of aliphatic hydroxyl groups is 1. The lowest BCUT2D eigenvalue weighted by molar-refractivity contribution is -0.139. The minimum Gasteiger partial charge on any atom is -0.480 e. The van der Waals surface area contributed by atoms with Crippen molar-refractivity contribution in [1.82, 2.24) is 15.1 Å². The second-order valence-electron chi connectivity index (χ2n) is 4.07. The molecule has 1 aromatic heterocycles. The zero-order valence-corrected chi connectivity index (χ0v) is 11.1. The zero-order valence-electron chi connectivity index (χ0n) is 11.1. The van der Waals surface area contributed by atoms with Gasteiger partial charge in [-0.15, -0.1) is 0 Å². The van der Waals surface area contributed by atoms with E-state index in [4.69, 9.17) is 10.2 Å². The van der Waals surface area contributed by atoms with Gasteiger partial charge in [-0.05, 0) is 19.4 Å². The number of carboxylic acids is 1. The first-order valence-electron chi connectivity index (χ1n) is 6.24. The van der Waals surface area contributed by atoms with Crippen molar-refractivity contribution in [3.8, 4) is 0 Å². The Balaban J connectivity index is 2.87. The van der Waals surface area contributed by atoms with E-state index in [0.29, 0.717) is 18.7 Å². The van der Waals surface area contributed by atoms with Crippen molar-refractivity contribution in [3.05, 3.63) is 17.5 Å². The van der Waals surface area contributed by atoms with Gasteiger partial charge in [0, 0.05) is 19.6 Å². The summed E-state index contributed by atoms with van der Waals surface area (Å²) in [4.78, 5) is 23.0. The van der Waals surface area contributed by atoms with Crippen LogP contribution in [0.25, 0.3) is 0 Å². The average Bonchev–Trinajstić information content (AvgIpc) is 2.81. The summed E-state index contributed by atoms with van der Waals surface area (Å²) in [5.74, 6) is -1.66. The van der Waals surface area contributed by atoms with Gasteiger partial charge in [0.05, 0.1) is 5.69 Å². The number of aliphatic hydroxyl groups excluding tert-OH is 1. The normalized spacial score (nSPS) is 12.2. The standard InChI is InChI=1S/C12H19N3O4/c1-3-8-7-10(15(4-2)14-8)11(17)13-9(5-6-16)12(18)19/h7,9,16H,3-6H2,1-2H3,(H,13,17)(H,18,19)/t9-/m0/s1. The third-order valence-electron chi connectivity index (χ3n) is 2.75. The van der Waals surface area contributed by atoms with Crippen LogP contribution < -0.4 is 5.32 Å². The summed E-state index contributed by atoms with van der Waals surface area (Å²) in [6.07, 6.45) is 0.675. The molecule has 7 heteroatoms. The highest BCUT2D eigenvalue weighted by molar-refractivity contribution is 5.95. The number of carbonyl (C=O) groups excluding carboxylic acids is 1. The van der Waals surface area contributed by atoms with E-state index in [2.05, 4.69) is 10.4 Å². The number of nitrogens with one attached hydrogen (secondary N) is 1. The van der Waals surface area contributed by atoms with Gasteiger partial charge in [0.2, 0.25) is 0 Å². The molecule has 1 heterocycles. The monoisotopic (exact) mass is 269 g/mol. The van der Waals surface area contributed by atoms with Crippen molar-refractivity contribution >= 4 is 11.9 Å². The first kappa shape index (κ1) is 15.2. The molecule has 0 aliphatic heterocycles. The van der Waals surface area contributed by atoms with Gasteiger partial charge in [-0.25, -0.2) is 4.79 Å². The van der Waals surface area contributed by atoms with Crippen LogP contribution in [0.4, 0.5) is 0 Å². The lowest BCUT2D eigenvalue weighted by Gasteiger charge is -2.13. The maximum absolute atomic E-state index is 12.0. The third-order valence-corrected chi connectivity index (χ3v) is 2.75. The summed E-state index contributed by atoms with van der Waals surface area (Å²) in [6.45, 7) is 4.01. The van der Waals surface area contributed by atoms with Gasteiger partial charge in [0.25, 0.3) is 5.91 Å². The summed E-state index contributed by atoms with van der Waals surface area (Å²) in [5.41, 5.74) is 1.12. The highest BCUT2D eigenvalue weighted by atomic mass is 16.4. The van der Waals surface area contributed by atoms with Gasteiger partial charge in [0.15, 0.2) is 0 Å². The Hall–Kier alpha value is -1.89. The maximum atomic E-state index is 12.0. The number of aliphatic carboxylic acids is 1. The third kappa shape index (κ3) is 3.78. The number of rotatable bonds is 7. The van der Waals surface area contributed by atoms with Gasteiger partial charge in [-0.2, -0.15) is 5.10 Å². The number of carbonyl (C=O) groups is 2. The van der Waals surface area contributed by atoms with Gasteiger partial charge in [-0.3, -0.25) is 9.48 Å².